The fourth-order valence-corrected chi connectivity index (χ4v) is 4.57. The number of hydrogen-bond acceptors (Lipinski definition) is 3. The normalized spacial score (nSPS) is 23.4. The van der Waals surface area contributed by atoms with Crippen molar-refractivity contribution in [3.05, 3.63) is 34.9 Å². The zero-order valence-electron chi connectivity index (χ0n) is 16.6. The predicted octanol–water partition coefficient (Wildman–Crippen LogP) is 3.04. The molecule has 0 spiro atoms. The highest BCUT2D eigenvalue weighted by Crippen LogP contribution is 2.35. The van der Waals surface area contributed by atoms with E-state index in [0.29, 0.717) is 6.04 Å². The fourth-order valence-electron chi connectivity index (χ4n) is 4.38. The van der Waals surface area contributed by atoms with Gasteiger partial charge in [-0.3, -0.25) is 9.89 Å². The van der Waals surface area contributed by atoms with Crippen molar-refractivity contribution >= 4 is 17.6 Å². The summed E-state index contributed by atoms with van der Waals surface area (Å²) in [7, 11) is 1.84. The predicted molar refractivity (Wildman–Crippen MR) is 113 cm³/mol. The largest absolute Gasteiger partial charge is 0.381 e. The molecule has 2 heterocycles. The minimum atomic E-state index is 0.0313. The monoisotopic (exact) mass is 392 g/mol. The number of halogens is 1. The van der Waals surface area contributed by atoms with Crippen molar-refractivity contribution < 1.29 is 4.74 Å². The second-order valence-electron chi connectivity index (χ2n) is 7.63. The number of rotatable bonds is 6. The Labute approximate surface area is 168 Å². The molecular formula is C21H33ClN4O. The summed E-state index contributed by atoms with van der Waals surface area (Å²) in [6.45, 7) is 7.93. The Morgan fingerprint density at radius 2 is 2.15 bits per heavy atom. The van der Waals surface area contributed by atoms with Gasteiger partial charge in [0.25, 0.3) is 0 Å². The molecule has 1 atom stereocenters. The summed E-state index contributed by atoms with van der Waals surface area (Å²) in [6.07, 6.45) is 4.54. The van der Waals surface area contributed by atoms with E-state index in [0.717, 1.165) is 56.7 Å². The number of ether oxygens (including phenoxy) is 1. The van der Waals surface area contributed by atoms with Crippen LogP contribution in [0.25, 0.3) is 0 Å². The average molecular weight is 393 g/mol. The second kappa shape index (κ2) is 9.76. The first-order valence-corrected chi connectivity index (χ1v) is 10.6. The van der Waals surface area contributed by atoms with Gasteiger partial charge in [0, 0.05) is 49.8 Å². The van der Waals surface area contributed by atoms with Crippen LogP contribution in [0.5, 0.6) is 0 Å². The van der Waals surface area contributed by atoms with Crippen molar-refractivity contribution in [1.82, 2.24) is 15.5 Å². The van der Waals surface area contributed by atoms with Crippen molar-refractivity contribution in [1.29, 1.82) is 0 Å². The maximum atomic E-state index is 6.27. The van der Waals surface area contributed by atoms with Crippen LogP contribution in [0.15, 0.2) is 29.3 Å². The Morgan fingerprint density at radius 1 is 1.33 bits per heavy atom. The molecule has 6 heteroatoms. The molecule has 150 valence electrons. The lowest BCUT2D eigenvalue weighted by Crippen LogP contribution is -2.50. The first-order valence-electron chi connectivity index (χ1n) is 10.2. The van der Waals surface area contributed by atoms with Crippen LogP contribution in [-0.4, -0.2) is 63.3 Å². The van der Waals surface area contributed by atoms with Gasteiger partial charge in [-0.05, 0) is 56.5 Å². The van der Waals surface area contributed by atoms with E-state index in [1.54, 1.807) is 0 Å². The zero-order valence-corrected chi connectivity index (χ0v) is 17.4. The van der Waals surface area contributed by atoms with Gasteiger partial charge in [0.2, 0.25) is 0 Å². The van der Waals surface area contributed by atoms with Crippen molar-refractivity contribution in [2.75, 3.05) is 46.4 Å². The molecular weight excluding hydrogens is 360 g/mol. The highest BCUT2D eigenvalue weighted by molar-refractivity contribution is 6.30. The Hall–Kier alpha value is -1.30. The topological polar surface area (TPSA) is 48.9 Å². The van der Waals surface area contributed by atoms with E-state index in [2.05, 4.69) is 39.6 Å². The number of guanidine groups is 1. The Kier molecular flexibility index (Phi) is 7.39. The van der Waals surface area contributed by atoms with E-state index in [1.807, 2.05) is 19.2 Å². The van der Waals surface area contributed by atoms with Crippen LogP contribution in [-0.2, 0) is 10.2 Å². The van der Waals surface area contributed by atoms with E-state index >= 15 is 0 Å². The molecule has 5 nitrogen and oxygen atoms in total. The van der Waals surface area contributed by atoms with E-state index in [-0.39, 0.29) is 5.41 Å². The summed E-state index contributed by atoms with van der Waals surface area (Å²) in [5.74, 6) is 0.880. The molecule has 2 fully saturated rings. The molecule has 0 aliphatic carbocycles. The molecule has 2 aliphatic heterocycles. The lowest BCUT2D eigenvalue weighted by atomic mass is 9.74. The van der Waals surface area contributed by atoms with Crippen LogP contribution in [0.2, 0.25) is 5.02 Å². The molecule has 0 amide bonds. The van der Waals surface area contributed by atoms with Gasteiger partial charge in [-0.25, -0.2) is 0 Å². The lowest BCUT2D eigenvalue weighted by Gasteiger charge is -2.38. The number of nitrogens with zero attached hydrogens (tertiary/aromatic N) is 2. The molecule has 2 saturated heterocycles. The van der Waals surface area contributed by atoms with Crippen LogP contribution in [0, 0.1) is 0 Å². The Balaban J connectivity index is 1.62. The third-order valence-electron chi connectivity index (χ3n) is 6.12. The van der Waals surface area contributed by atoms with Crippen LogP contribution >= 0.6 is 11.6 Å². The summed E-state index contributed by atoms with van der Waals surface area (Å²) in [5, 5.41) is 7.90. The summed E-state index contributed by atoms with van der Waals surface area (Å²) >= 11 is 6.27. The van der Waals surface area contributed by atoms with Gasteiger partial charge < -0.3 is 15.4 Å². The smallest absolute Gasteiger partial charge is 0.191 e. The summed E-state index contributed by atoms with van der Waals surface area (Å²) in [4.78, 5) is 6.99. The van der Waals surface area contributed by atoms with Crippen LogP contribution < -0.4 is 10.6 Å². The average Bonchev–Trinajstić information content (AvgIpc) is 3.16. The van der Waals surface area contributed by atoms with E-state index in [4.69, 9.17) is 16.3 Å². The minimum absolute atomic E-state index is 0.0313. The second-order valence-corrected chi connectivity index (χ2v) is 8.07. The highest BCUT2D eigenvalue weighted by Gasteiger charge is 2.35. The molecule has 0 saturated carbocycles. The molecule has 1 aromatic carbocycles. The first-order chi connectivity index (χ1) is 13.2. The summed E-state index contributed by atoms with van der Waals surface area (Å²) in [5.41, 5.74) is 1.32. The Morgan fingerprint density at radius 3 is 2.85 bits per heavy atom. The van der Waals surface area contributed by atoms with Gasteiger partial charge in [0.1, 0.15) is 0 Å². The zero-order chi connectivity index (χ0) is 19.1. The highest BCUT2D eigenvalue weighted by atomic mass is 35.5. The minimum Gasteiger partial charge on any atom is -0.381 e. The van der Waals surface area contributed by atoms with Gasteiger partial charge in [-0.15, -0.1) is 0 Å². The number of aliphatic imine (C=N–C) groups is 1. The van der Waals surface area contributed by atoms with Crippen molar-refractivity contribution in [2.45, 2.75) is 44.1 Å². The molecule has 1 unspecified atom stereocenters. The lowest BCUT2D eigenvalue weighted by molar-refractivity contribution is 0.0514. The number of nitrogens with one attached hydrogen (secondary N) is 2. The van der Waals surface area contributed by atoms with Crippen LogP contribution in [0.1, 0.15) is 38.2 Å². The van der Waals surface area contributed by atoms with E-state index < -0.39 is 0 Å². The maximum Gasteiger partial charge on any atom is 0.191 e. The molecule has 0 aromatic heterocycles. The standard InChI is InChI=1S/C21H33ClN4O/c1-3-26-11-5-8-19(26)15-24-20(23-2)25-16-21(9-12-27-13-10-21)17-6-4-7-18(22)14-17/h4,6-7,14,19H,3,5,8-13,15-16H2,1-2H3,(H2,23,24,25). The van der Waals surface area contributed by atoms with Crippen LogP contribution in [0.4, 0.5) is 0 Å². The van der Waals surface area contributed by atoms with E-state index in [1.165, 1.54) is 24.9 Å². The van der Waals surface area contributed by atoms with E-state index in [9.17, 15) is 0 Å². The molecule has 0 bridgehead atoms. The molecule has 27 heavy (non-hydrogen) atoms. The Bertz CT molecular complexity index is 630. The number of benzene rings is 1. The SMILES string of the molecule is CCN1CCCC1CNC(=NC)NCC1(c2cccc(Cl)c2)CCOCC1. The van der Waals surface area contributed by atoms with Crippen molar-refractivity contribution in [3.63, 3.8) is 0 Å². The first kappa shape index (κ1) is 20.4. The van der Waals surface area contributed by atoms with Crippen molar-refractivity contribution in [2.24, 2.45) is 4.99 Å². The number of hydrogen-bond donors (Lipinski definition) is 2. The van der Waals surface area contributed by atoms with Gasteiger partial charge in [-0.1, -0.05) is 30.7 Å². The van der Waals surface area contributed by atoms with Gasteiger partial charge >= 0.3 is 0 Å². The third-order valence-corrected chi connectivity index (χ3v) is 6.35. The number of likely N-dealkylation sites (N-methyl/N-ethyl adjacent to an activating group) is 1. The summed E-state index contributed by atoms with van der Waals surface area (Å²) < 4.78 is 5.64. The quantitative estimate of drug-likeness (QED) is 0.577. The fraction of sp³-hybridized carbons (Fsp3) is 0.667. The molecule has 2 N–H and O–H groups in total. The molecule has 2 aliphatic rings. The maximum absolute atomic E-state index is 6.27. The third kappa shape index (κ3) is 5.15. The molecule has 3 rings (SSSR count). The molecule has 0 radical (unpaired) electrons. The van der Waals surface area contributed by atoms with Crippen LogP contribution in [0.3, 0.4) is 0 Å². The van der Waals surface area contributed by atoms with Gasteiger partial charge in [-0.2, -0.15) is 0 Å². The van der Waals surface area contributed by atoms with Gasteiger partial charge in [0.15, 0.2) is 5.96 Å². The summed E-state index contributed by atoms with van der Waals surface area (Å²) in [6, 6.07) is 8.88. The molecule has 1 aromatic rings. The number of likely N-dealkylation sites (tertiary alicyclic amines) is 1. The van der Waals surface area contributed by atoms with Gasteiger partial charge in [0.05, 0.1) is 0 Å². The van der Waals surface area contributed by atoms with Crippen molar-refractivity contribution in [3.8, 4) is 0 Å².